The molecule has 0 aliphatic heterocycles. The van der Waals surface area contributed by atoms with Gasteiger partial charge in [0.15, 0.2) is 5.16 Å². The van der Waals surface area contributed by atoms with Crippen LogP contribution in [0.25, 0.3) is 10.9 Å². The number of aromatic nitrogens is 4. The van der Waals surface area contributed by atoms with Gasteiger partial charge < -0.3 is 9.15 Å². The summed E-state index contributed by atoms with van der Waals surface area (Å²) in [5.74, 6) is 1.51. The highest BCUT2D eigenvalue weighted by atomic mass is 32.2. The van der Waals surface area contributed by atoms with Gasteiger partial charge in [-0.3, -0.25) is 9.36 Å². The molecule has 0 unspecified atom stereocenters. The van der Waals surface area contributed by atoms with E-state index in [1.54, 1.807) is 24.7 Å². The first-order chi connectivity index (χ1) is 11.7. The van der Waals surface area contributed by atoms with E-state index in [9.17, 15) is 4.79 Å². The third-order valence-corrected chi connectivity index (χ3v) is 4.41. The van der Waals surface area contributed by atoms with Gasteiger partial charge in [-0.05, 0) is 18.6 Å². The highest BCUT2D eigenvalue weighted by Gasteiger charge is 2.13. The van der Waals surface area contributed by atoms with Gasteiger partial charge in [0.05, 0.1) is 16.7 Å². The number of ether oxygens (including phenoxy) is 1. The van der Waals surface area contributed by atoms with E-state index in [1.807, 2.05) is 18.2 Å². The minimum atomic E-state index is -0.0408. The molecule has 1 aromatic carbocycles. The summed E-state index contributed by atoms with van der Waals surface area (Å²) in [6.07, 6.45) is 0.740. The Morgan fingerprint density at radius 3 is 2.88 bits per heavy atom. The SMILES string of the molecule is COCCCn1c(SCc2nnc(C)o2)nc2ccccc2c1=O. The van der Waals surface area contributed by atoms with Gasteiger partial charge in [0.25, 0.3) is 5.56 Å². The Balaban J connectivity index is 1.93. The molecule has 126 valence electrons. The lowest BCUT2D eigenvalue weighted by molar-refractivity contribution is 0.189. The number of rotatable bonds is 7. The largest absolute Gasteiger partial charge is 0.425 e. The first kappa shape index (κ1) is 16.7. The molecule has 0 radical (unpaired) electrons. The van der Waals surface area contributed by atoms with E-state index in [2.05, 4.69) is 15.2 Å². The van der Waals surface area contributed by atoms with Crippen LogP contribution in [-0.2, 0) is 17.0 Å². The molecule has 24 heavy (non-hydrogen) atoms. The van der Waals surface area contributed by atoms with Crippen molar-refractivity contribution in [3.63, 3.8) is 0 Å². The van der Waals surface area contributed by atoms with Crippen molar-refractivity contribution in [2.45, 2.75) is 30.8 Å². The lowest BCUT2D eigenvalue weighted by Gasteiger charge is -2.12. The van der Waals surface area contributed by atoms with Crippen LogP contribution in [0.15, 0.2) is 38.6 Å². The van der Waals surface area contributed by atoms with Crippen molar-refractivity contribution >= 4 is 22.7 Å². The molecule has 0 N–H and O–H groups in total. The zero-order chi connectivity index (χ0) is 16.9. The number of benzene rings is 1. The zero-order valence-corrected chi connectivity index (χ0v) is 14.4. The van der Waals surface area contributed by atoms with Crippen LogP contribution in [0.5, 0.6) is 0 Å². The number of para-hydroxylation sites is 1. The quantitative estimate of drug-likeness (QED) is 0.369. The van der Waals surface area contributed by atoms with Gasteiger partial charge >= 0.3 is 0 Å². The Morgan fingerprint density at radius 1 is 1.29 bits per heavy atom. The van der Waals surface area contributed by atoms with Gasteiger partial charge in [-0.2, -0.15) is 0 Å². The van der Waals surface area contributed by atoms with Crippen LogP contribution in [0.2, 0.25) is 0 Å². The van der Waals surface area contributed by atoms with Crippen LogP contribution in [0.3, 0.4) is 0 Å². The number of methoxy groups -OCH3 is 1. The first-order valence-corrected chi connectivity index (χ1v) is 8.58. The fourth-order valence-electron chi connectivity index (χ4n) is 2.34. The molecule has 3 aromatic rings. The molecule has 0 aliphatic rings. The lowest BCUT2D eigenvalue weighted by Crippen LogP contribution is -2.24. The van der Waals surface area contributed by atoms with Crippen LogP contribution >= 0.6 is 11.8 Å². The van der Waals surface area contributed by atoms with Crippen LogP contribution < -0.4 is 5.56 Å². The summed E-state index contributed by atoms with van der Waals surface area (Å²) >= 11 is 1.42. The maximum Gasteiger partial charge on any atom is 0.262 e. The summed E-state index contributed by atoms with van der Waals surface area (Å²) in [6.45, 7) is 2.89. The highest BCUT2D eigenvalue weighted by Crippen LogP contribution is 2.21. The summed E-state index contributed by atoms with van der Waals surface area (Å²) in [5, 5.41) is 9.05. The van der Waals surface area contributed by atoms with Crippen molar-refractivity contribution < 1.29 is 9.15 Å². The Kier molecular flexibility index (Phi) is 5.27. The van der Waals surface area contributed by atoms with E-state index in [4.69, 9.17) is 9.15 Å². The van der Waals surface area contributed by atoms with Crippen molar-refractivity contribution in [1.82, 2.24) is 19.7 Å². The van der Waals surface area contributed by atoms with E-state index in [0.29, 0.717) is 46.7 Å². The molecule has 0 bridgehead atoms. The van der Waals surface area contributed by atoms with Crippen molar-refractivity contribution in [3.8, 4) is 0 Å². The average molecular weight is 346 g/mol. The third-order valence-electron chi connectivity index (χ3n) is 3.45. The minimum Gasteiger partial charge on any atom is -0.425 e. The topological polar surface area (TPSA) is 83.0 Å². The summed E-state index contributed by atoms with van der Waals surface area (Å²) in [5.41, 5.74) is 0.649. The molecule has 0 amide bonds. The Bertz CT molecular complexity index is 890. The summed E-state index contributed by atoms with van der Waals surface area (Å²) in [4.78, 5) is 17.4. The summed E-state index contributed by atoms with van der Waals surface area (Å²) in [7, 11) is 1.65. The molecular weight excluding hydrogens is 328 g/mol. The monoisotopic (exact) mass is 346 g/mol. The van der Waals surface area contributed by atoms with Gasteiger partial charge in [-0.25, -0.2) is 4.98 Å². The van der Waals surface area contributed by atoms with E-state index >= 15 is 0 Å². The molecule has 8 heteroatoms. The smallest absolute Gasteiger partial charge is 0.262 e. The number of thioether (sulfide) groups is 1. The Hall–Kier alpha value is -2.19. The highest BCUT2D eigenvalue weighted by molar-refractivity contribution is 7.98. The molecule has 0 spiro atoms. The molecule has 3 rings (SSSR count). The van der Waals surface area contributed by atoms with Crippen LogP contribution in [0, 0.1) is 6.92 Å². The fourth-order valence-corrected chi connectivity index (χ4v) is 3.21. The summed E-state index contributed by atoms with van der Waals surface area (Å²) < 4.78 is 12.2. The molecule has 7 nitrogen and oxygen atoms in total. The molecule has 0 fully saturated rings. The van der Waals surface area contributed by atoms with E-state index in [1.165, 1.54) is 11.8 Å². The number of aryl methyl sites for hydroxylation is 1. The lowest BCUT2D eigenvalue weighted by atomic mass is 10.2. The second kappa shape index (κ2) is 7.59. The maximum atomic E-state index is 12.8. The second-order valence-corrected chi connectivity index (χ2v) is 6.16. The molecule has 0 saturated heterocycles. The van der Waals surface area contributed by atoms with Gasteiger partial charge in [0.1, 0.15) is 0 Å². The van der Waals surface area contributed by atoms with Gasteiger partial charge in [0, 0.05) is 27.2 Å². The molecule has 0 atom stereocenters. The average Bonchev–Trinajstić information content (AvgIpc) is 3.01. The minimum absolute atomic E-state index is 0.0408. The predicted molar refractivity (Wildman–Crippen MR) is 91.1 cm³/mol. The molecule has 2 heterocycles. The van der Waals surface area contributed by atoms with Crippen LogP contribution in [-0.4, -0.2) is 33.5 Å². The van der Waals surface area contributed by atoms with E-state index < -0.39 is 0 Å². The zero-order valence-electron chi connectivity index (χ0n) is 13.6. The molecule has 2 aromatic heterocycles. The van der Waals surface area contributed by atoms with Crippen molar-refractivity contribution in [2.24, 2.45) is 0 Å². The first-order valence-electron chi connectivity index (χ1n) is 7.59. The van der Waals surface area contributed by atoms with Gasteiger partial charge in [-0.1, -0.05) is 23.9 Å². The maximum absolute atomic E-state index is 12.8. The van der Waals surface area contributed by atoms with Crippen LogP contribution in [0.1, 0.15) is 18.2 Å². The number of fused-ring (bicyclic) bond motifs is 1. The molecule has 0 saturated carbocycles. The predicted octanol–water partition coefficient (Wildman–Crippen LogP) is 2.42. The Morgan fingerprint density at radius 2 is 2.12 bits per heavy atom. The second-order valence-electron chi connectivity index (χ2n) is 5.22. The Labute approximate surface area is 143 Å². The van der Waals surface area contributed by atoms with Crippen LogP contribution in [0.4, 0.5) is 0 Å². The van der Waals surface area contributed by atoms with E-state index in [0.717, 1.165) is 6.42 Å². The fraction of sp³-hybridized carbons (Fsp3) is 0.375. The molecular formula is C16H18N4O3S. The van der Waals surface area contributed by atoms with E-state index in [-0.39, 0.29) is 5.56 Å². The standard InChI is InChI=1S/C16H18N4O3S/c1-11-18-19-14(23-11)10-24-16-17-13-7-4-3-6-12(13)15(21)20(16)8-5-9-22-2/h3-4,6-7H,5,8-10H2,1-2H3. The number of hydrogen-bond acceptors (Lipinski definition) is 7. The normalized spacial score (nSPS) is 11.2. The van der Waals surface area contributed by atoms with Crippen molar-refractivity contribution in [3.05, 3.63) is 46.4 Å². The number of hydrogen-bond donors (Lipinski definition) is 0. The van der Waals surface area contributed by atoms with Gasteiger partial charge in [0.2, 0.25) is 11.8 Å². The number of nitrogens with zero attached hydrogens (tertiary/aromatic N) is 4. The van der Waals surface area contributed by atoms with Crippen molar-refractivity contribution in [1.29, 1.82) is 0 Å². The summed E-state index contributed by atoms with van der Waals surface area (Å²) in [6, 6.07) is 7.36. The third kappa shape index (κ3) is 3.65. The van der Waals surface area contributed by atoms with Gasteiger partial charge in [-0.15, -0.1) is 10.2 Å². The van der Waals surface area contributed by atoms with Crippen molar-refractivity contribution in [2.75, 3.05) is 13.7 Å². The molecule has 0 aliphatic carbocycles.